The number of nitrogens with one attached hydrogen (secondary N) is 2. The number of carbonyl (C=O) groups excluding carboxylic acids is 4. The lowest BCUT2D eigenvalue weighted by Gasteiger charge is -2.14. The molecular formula is C17H16FN5O4S. The first-order valence-electron chi connectivity index (χ1n) is 8.17. The van der Waals surface area contributed by atoms with Crippen LogP contribution in [0.25, 0.3) is 10.6 Å². The molecule has 28 heavy (non-hydrogen) atoms. The number of nitrogens with zero attached hydrogens (tertiary/aromatic N) is 3. The number of aromatic nitrogens is 1. The van der Waals surface area contributed by atoms with Crippen LogP contribution < -0.4 is 10.9 Å². The van der Waals surface area contributed by atoms with E-state index in [1.54, 1.807) is 17.5 Å². The van der Waals surface area contributed by atoms with Gasteiger partial charge in [-0.05, 0) is 24.3 Å². The Kier molecular flexibility index (Phi) is 5.64. The second-order valence-electron chi connectivity index (χ2n) is 6.04. The first-order chi connectivity index (χ1) is 13.3. The summed E-state index contributed by atoms with van der Waals surface area (Å²) in [5.41, 5.74) is 5.60. The molecule has 11 heteroatoms. The summed E-state index contributed by atoms with van der Waals surface area (Å²) in [7, 11) is 1.45. The second kappa shape index (κ2) is 8.13. The van der Waals surface area contributed by atoms with Gasteiger partial charge in [-0.2, -0.15) is 0 Å². The molecule has 1 saturated heterocycles. The van der Waals surface area contributed by atoms with Gasteiger partial charge in [0, 0.05) is 18.0 Å². The predicted molar refractivity (Wildman–Crippen MR) is 97.2 cm³/mol. The Balaban J connectivity index is 1.48. The number of carbonyl (C=O) groups is 4. The van der Waals surface area contributed by atoms with Crippen molar-refractivity contribution in [1.29, 1.82) is 0 Å². The summed E-state index contributed by atoms with van der Waals surface area (Å²) < 4.78 is 13.0. The molecule has 0 spiro atoms. The molecule has 2 aromatic rings. The highest BCUT2D eigenvalue weighted by Crippen LogP contribution is 2.24. The maximum atomic E-state index is 13.0. The number of hydrazine groups is 1. The van der Waals surface area contributed by atoms with E-state index in [1.165, 1.54) is 35.4 Å². The van der Waals surface area contributed by atoms with Gasteiger partial charge in [-0.25, -0.2) is 14.2 Å². The molecular weight excluding hydrogens is 389 g/mol. The number of amides is 5. The normalized spacial score (nSPS) is 13.8. The molecule has 9 nitrogen and oxygen atoms in total. The van der Waals surface area contributed by atoms with Gasteiger partial charge in [-0.15, -0.1) is 11.3 Å². The average Bonchev–Trinajstić information content (AvgIpc) is 3.21. The summed E-state index contributed by atoms with van der Waals surface area (Å²) in [5, 5.41) is 2.33. The number of likely N-dealkylation sites (N-methyl/N-ethyl adjacent to an activating group) is 1. The third-order valence-corrected chi connectivity index (χ3v) is 4.80. The third-order valence-electron chi connectivity index (χ3n) is 3.86. The molecule has 146 valence electrons. The molecule has 2 N–H and O–H groups in total. The minimum Gasteiger partial charge on any atom is -0.318 e. The van der Waals surface area contributed by atoms with Crippen LogP contribution in [0.3, 0.4) is 0 Å². The van der Waals surface area contributed by atoms with Gasteiger partial charge in [-0.3, -0.25) is 30.1 Å². The monoisotopic (exact) mass is 405 g/mol. The first kappa shape index (κ1) is 19.4. The smallest absolute Gasteiger partial charge is 0.318 e. The molecule has 0 aliphatic carbocycles. The zero-order valence-electron chi connectivity index (χ0n) is 14.8. The number of hydrogen-bond donors (Lipinski definition) is 2. The molecule has 1 fully saturated rings. The van der Waals surface area contributed by atoms with E-state index in [-0.39, 0.29) is 18.8 Å². The maximum Gasteiger partial charge on any atom is 0.327 e. The third kappa shape index (κ3) is 4.49. The van der Waals surface area contributed by atoms with Crippen LogP contribution in [0.2, 0.25) is 0 Å². The van der Waals surface area contributed by atoms with Gasteiger partial charge in [0.1, 0.15) is 23.9 Å². The van der Waals surface area contributed by atoms with Crippen molar-refractivity contribution in [2.24, 2.45) is 0 Å². The lowest BCUT2D eigenvalue weighted by molar-refractivity contribution is -0.132. The van der Waals surface area contributed by atoms with Crippen molar-refractivity contribution < 1.29 is 23.6 Å². The summed E-state index contributed by atoms with van der Waals surface area (Å²) in [6.07, 6.45) is -0.0811. The summed E-state index contributed by atoms with van der Waals surface area (Å²) >= 11 is 1.31. The molecule has 0 atom stereocenters. The van der Waals surface area contributed by atoms with Crippen LogP contribution in [0.15, 0.2) is 29.6 Å². The van der Waals surface area contributed by atoms with Crippen molar-refractivity contribution in [3.05, 3.63) is 41.2 Å². The number of hydrogen-bond acceptors (Lipinski definition) is 6. The zero-order chi connectivity index (χ0) is 20.3. The molecule has 0 saturated carbocycles. The zero-order valence-corrected chi connectivity index (χ0v) is 15.6. The fourth-order valence-corrected chi connectivity index (χ4v) is 3.29. The molecule has 1 aliphatic rings. The quantitative estimate of drug-likeness (QED) is 0.557. The van der Waals surface area contributed by atoms with Gasteiger partial charge in [0.2, 0.25) is 5.91 Å². The number of halogens is 1. The summed E-state index contributed by atoms with van der Waals surface area (Å²) in [5.74, 6) is -2.04. The van der Waals surface area contributed by atoms with Crippen LogP contribution in [0.5, 0.6) is 0 Å². The van der Waals surface area contributed by atoms with Gasteiger partial charge in [-0.1, -0.05) is 0 Å². The molecule has 1 aromatic heterocycles. The Morgan fingerprint density at radius 2 is 1.86 bits per heavy atom. The van der Waals surface area contributed by atoms with Crippen LogP contribution in [0.1, 0.15) is 5.69 Å². The minimum absolute atomic E-state index is 0.0811. The fourth-order valence-electron chi connectivity index (χ4n) is 2.47. The molecule has 1 aliphatic heterocycles. The van der Waals surface area contributed by atoms with Crippen LogP contribution in [0, 0.1) is 5.82 Å². The SMILES string of the molecule is CN1CC(=O)N(CC(=O)NNC(=O)Cc2csc(-c3ccc(F)cc3)n2)C1=O. The van der Waals surface area contributed by atoms with Gasteiger partial charge in [0.15, 0.2) is 0 Å². The Bertz CT molecular complexity index is 930. The van der Waals surface area contributed by atoms with E-state index in [0.29, 0.717) is 10.7 Å². The minimum atomic E-state index is -0.698. The summed E-state index contributed by atoms with van der Waals surface area (Å²) in [6.45, 7) is -0.563. The maximum absolute atomic E-state index is 13.0. The van der Waals surface area contributed by atoms with Crippen molar-refractivity contribution in [3.63, 3.8) is 0 Å². The lowest BCUT2D eigenvalue weighted by Crippen LogP contribution is -2.48. The van der Waals surface area contributed by atoms with Crippen molar-refractivity contribution in [1.82, 2.24) is 25.6 Å². The van der Waals surface area contributed by atoms with Crippen molar-refractivity contribution in [2.45, 2.75) is 6.42 Å². The van der Waals surface area contributed by atoms with Crippen molar-refractivity contribution in [2.75, 3.05) is 20.1 Å². The number of benzene rings is 1. The Labute approximate surface area is 163 Å². The number of thiazole rings is 1. The molecule has 0 bridgehead atoms. The molecule has 2 heterocycles. The Hall–Kier alpha value is -3.34. The Morgan fingerprint density at radius 1 is 1.18 bits per heavy atom. The summed E-state index contributed by atoms with van der Waals surface area (Å²) in [6, 6.07) is 5.27. The van der Waals surface area contributed by atoms with Gasteiger partial charge in [0.25, 0.3) is 11.8 Å². The van der Waals surface area contributed by atoms with E-state index >= 15 is 0 Å². The van der Waals surface area contributed by atoms with Crippen molar-refractivity contribution in [3.8, 4) is 10.6 Å². The van der Waals surface area contributed by atoms with E-state index in [4.69, 9.17) is 0 Å². The molecule has 3 rings (SSSR count). The number of rotatable bonds is 5. The van der Waals surface area contributed by atoms with Crippen LogP contribution in [-0.2, 0) is 20.8 Å². The van der Waals surface area contributed by atoms with Gasteiger partial charge < -0.3 is 4.90 Å². The highest BCUT2D eigenvalue weighted by molar-refractivity contribution is 7.13. The van der Waals surface area contributed by atoms with Gasteiger partial charge >= 0.3 is 6.03 Å². The molecule has 0 unspecified atom stereocenters. The Morgan fingerprint density at radius 3 is 2.50 bits per heavy atom. The summed E-state index contributed by atoms with van der Waals surface area (Å²) in [4.78, 5) is 53.4. The highest BCUT2D eigenvalue weighted by atomic mass is 32.1. The van der Waals surface area contributed by atoms with Crippen LogP contribution in [-0.4, -0.2) is 58.7 Å². The average molecular weight is 405 g/mol. The van der Waals surface area contributed by atoms with E-state index in [9.17, 15) is 23.6 Å². The number of urea groups is 1. The fraction of sp³-hybridized carbons (Fsp3) is 0.235. The first-order valence-corrected chi connectivity index (χ1v) is 9.05. The standard InChI is InChI=1S/C17H16FN5O4S/c1-22-8-15(26)23(17(22)27)7-14(25)21-20-13(24)6-12-9-28-16(19-12)10-2-4-11(18)5-3-10/h2-5,9H,6-8H2,1H3,(H,20,24)(H,21,25). The molecule has 1 aromatic carbocycles. The van der Waals surface area contributed by atoms with E-state index in [0.717, 1.165) is 10.5 Å². The lowest BCUT2D eigenvalue weighted by atomic mass is 10.2. The number of imide groups is 1. The van der Waals surface area contributed by atoms with E-state index in [2.05, 4.69) is 15.8 Å². The van der Waals surface area contributed by atoms with Gasteiger partial charge in [0.05, 0.1) is 12.1 Å². The van der Waals surface area contributed by atoms with E-state index in [1.807, 2.05) is 0 Å². The molecule has 0 radical (unpaired) electrons. The molecule has 5 amide bonds. The van der Waals surface area contributed by atoms with Crippen LogP contribution in [0.4, 0.5) is 9.18 Å². The van der Waals surface area contributed by atoms with E-state index < -0.39 is 30.3 Å². The second-order valence-corrected chi connectivity index (χ2v) is 6.90. The highest BCUT2D eigenvalue weighted by Gasteiger charge is 2.34. The van der Waals surface area contributed by atoms with Crippen LogP contribution >= 0.6 is 11.3 Å². The van der Waals surface area contributed by atoms with Crippen molar-refractivity contribution >= 4 is 35.1 Å². The predicted octanol–water partition coefficient (Wildman–Crippen LogP) is 0.533. The topological polar surface area (TPSA) is 112 Å². The largest absolute Gasteiger partial charge is 0.327 e.